The van der Waals surface area contributed by atoms with E-state index in [1.54, 1.807) is 0 Å². The van der Waals surface area contributed by atoms with E-state index in [0.29, 0.717) is 25.1 Å². The molecule has 1 heterocycles. The molecule has 6 N–H and O–H groups in total. The minimum Gasteiger partial charge on any atom is -0.508 e. The second kappa shape index (κ2) is 14.8. The first-order chi connectivity index (χ1) is 21.2. The third-order valence-electron chi connectivity index (χ3n) is 6.48. The largest absolute Gasteiger partial charge is 0.508 e. The maximum Gasteiger partial charge on any atom is 0.490 e. The van der Waals surface area contributed by atoms with Gasteiger partial charge in [0.1, 0.15) is 17.6 Å². The SMILES string of the molecule is O=C(N[C@@H]1CNCCC[C@H]1OC(=O)c1ccc(C(=O)c2c(O)cccc2C(=O)O)cc1)c1ccc(O)cc1.O=C(O)C(F)(F)F. The van der Waals surface area contributed by atoms with Gasteiger partial charge in [0.2, 0.25) is 0 Å². The molecule has 2 atom stereocenters. The third-order valence-corrected chi connectivity index (χ3v) is 6.48. The number of phenolic OH excluding ortho intramolecular Hbond substituents is 2. The molecule has 0 aromatic heterocycles. The molecule has 4 rings (SSSR count). The number of benzene rings is 3. The van der Waals surface area contributed by atoms with E-state index in [2.05, 4.69) is 10.6 Å². The van der Waals surface area contributed by atoms with Gasteiger partial charge < -0.3 is 35.8 Å². The molecule has 238 valence electrons. The summed E-state index contributed by atoms with van der Waals surface area (Å²) in [6.45, 7) is 1.09. The summed E-state index contributed by atoms with van der Waals surface area (Å²) >= 11 is 0. The van der Waals surface area contributed by atoms with Crippen LogP contribution in [0.5, 0.6) is 11.5 Å². The molecule has 0 aliphatic carbocycles. The summed E-state index contributed by atoms with van der Waals surface area (Å²) in [5, 5.41) is 42.1. The lowest BCUT2D eigenvalue weighted by Crippen LogP contribution is -2.49. The lowest BCUT2D eigenvalue weighted by molar-refractivity contribution is -0.192. The van der Waals surface area contributed by atoms with Crippen LogP contribution in [0, 0.1) is 0 Å². The smallest absolute Gasteiger partial charge is 0.490 e. The number of ketones is 1. The second-order valence-corrected chi connectivity index (χ2v) is 9.63. The molecule has 1 aliphatic heterocycles. The van der Waals surface area contributed by atoms with Crippen molar-refractivity contribution in [3.8, 4) is 11.5 Å². The molecule has 3 aromatic rings. The zero-order valence-electron chi connectivity index (χ0n) is 23.2. The summed E-state index contributed by atoms with van der Waals surface area (Å²) in [6, 6.07) is 14.6. The van der Waals surface area contributed by atoms with Crippen molar-refractivity contribution in [1.29, 1.82) is 0 Å². The number of halogens is 3. The molecule has 1 amide bonds. The number of hydrogen-bond donors (Lipinski definition) is 6. The van der Waals surface area contributed by atoms with Gasteiger partial charge in [-0.25, -0.2) is 14.4 Å². The summed E-state index contributed by atoms with van der Waals surface area (Å²) < 4.78 is 37.5. The van der Waals surface area contributed by atoms with Crippen LogP contribution in [0.3, 0.4) is 0 Å². The Bertz CT molecular complexity index is 1560. The van der Waals surface area contributed by atoms with E-state index < -0.39 is 47.8 Å². The van der Waals surface area contributed by atoms with Gasteiger partial charge in [0, 0.05) is 17.7 Å². The predicted molar refractivity (Wildman–Crippen MR) is 149 cm³/mol. The van der Waals surface area contributed by atoms with Gasteiger partial charge in [0.05, 0.1) is 22.7 Å². The van der Waals surface area contributed by atoms with Crippen LogP contribution in [0.2, 0.25) is 0 Å². The lowest BCUT2D eigenvalue weighted by Gasteiger charge is -2.26. The molecule has 1 aliphatic rings. The fourth-order valence-corrected chi connectivity index (χ4v) is 4.23. The summed E-state index contributed by atoms with van der Waals surface area (Å²) in [5.41, 5.74) is -0.0661. The Labute approximate surface area is 253 Å². The van der Waals surface area contributed by atoms with Crippen LogP contribution in [0.1, 0.15) is 59.8 Å². The number of alkyl halides is 3. The number of nitrogens with one attached hydrogen (secondary N) is 2. The zero-order valence-corrected chi connectivity index (χ0v) is 23.2. The molecule has 1 fully saturated rings. The monoisotopic (exact) mass is 632 g/mol. The number of hydrogen-bond acceptors (Lipinski definition) is 9. The first-order valence-electron chi connectivity index (χ1n) is 13.2. The fraction of sp³-hybridized carbons (Fsp3) is 0.233. The number of aliphatic carboxylic acids is 1. The summed E-state index contributed by atoms with van der Waals surface area (Å²) in [5.74, 6) is -6.24. The van der Waals surface area contributed by atoms with Crippen LogP contribution in [-0.2, 0) is 9.53 Å². The molecular formula is C30H27F3N2O10. The van der Waals surface area contributed by atoms with Crippen LogP contribution < -0.4 is 10.6 Å². The summed E-state index contributed by atoms with van der Waals surface area (Å²) in [6.07, 6.45) is -4.45. The van der Waals surface area contributed by atoms with Gasteiger partial charge in [-0.05, 0) is 67.9 Å². The maximum atomic E-state index is 12.9. The van der Waals surface area contributed by atoms with Gasteiger partial charge in [-0.1, -0.05) is 18.2 Å². The zero-order chi connectivity index (χ0) is 33.3. The molecule has 45 heavy (non-hydrogen) atoms. The topological polar surface area (TPSA) is 200 Å². The van der Waals surface area contributed by atoms with E-state index in [1.807, 2.05) is 0 Å². The highest BCUT2D eigenvalue weighted by Crippen LogP contribution is 2.25. The van der Waals surface area contributed by atoms with E-state index in [0.717, 1.165) is 6.42 Å². The summed E-state index contributed by atoms with van der Waals surface area (Å²) in [7, 11) is 0. The number of carboxylic acids is 2. The van der Waals surface area contributed by atoms with Crippen molar-refractivity contribution < 1.29 is 62.3 Å². The number of rotatable bonds is 7. The van der Waals surface area contributed by atoms with Crippen LogP contribution >= 0.6 is 0 Å². The number of carbonyl (C=O) groups is 5. The van der Waals surface area contributed by atoms with Crippen molar-refractivity contribution in [3.63, 3.8) is 0 Å². The Morgan fingerprint density at radius 2 is 1.42 bits per heavy atom. The molecule has 12 nitrogen and oxygen atoms in total. The highest BCUT2D eigenvalue weighted by atomic mass is 19.4. The number of carboxylic acid groups (broad SMARTS) is 2. The highest BCUT2D eigenvalue weighted by Gasteiger charge is 2.38. The average Bonchev–Trinajstić information content (AvgIpc) is 3.21. The quantitative estimate of drug-likeness (QED) is 0.165. The van der Waals surface area contributed by atoms with Crippen LogP contribution in [-0.4, -0.2) is 81.4 Å². The molecule has 0 spiro atoms. The highest BCUT2D eigenvalue weighted by molar-refractivity contribution is 6.16. The van der Waals surface area contributed by atoms with Crippen molar-refractivity contribution >= 4 is 29.6 Å². The Balaban J connectivity index is 0.000000707. The van der Waals surface area contributed by atoms with Crippen molar-refractivity contribution in [2.45, 2.75) is 31.2 Å². The van der Waals surface area contributed by atoms with Gasteiger partial charge in [-0.15, -0.1) is 0 Å². The molecule has 0 radical (unpaired) electrons. The fourth-order valence-electron chi connectivity index (χ4n) is 4.23. The van der Waals surface area contributed by atoms with E-state index in [-0.39, 0.29) is 33.9 Å². The van der Waals surface area contributed by atoms with Gasteiger partial charge in [0.25, 0.3) is 5.91 Å². The molecule has 15 heteroatoms. The first-order valence-corrected chi connectivity index (χ1v) is 13.2. The molecule has 3 aromatic carbocycles. The number of esters is 1. The predicted octanol–water partition coefficient (Wildman–Crippen LogP) is 3.37. The molecule has 0 saturated carbocycles. The van der Waals surface area contributed by atoms with Gasteiger partial charge in [-0.2, -0.15) is 13.2 Å². The maximum absolute atomic E-state index is 12.9. The van der Waals surface area contributed by atoms with Crippen LogP contribution in [0.25, 0.3) is 0 Å². The Morgan fingerprint density at radius 3 is 2.00 bits per heavy atom. The van der Waals surface area contributed by atoms with Crippen molar-refractivity contribution in [3.05, 3.63) is 94.5 Å². The van der Waals surface area contributed by atoms with Gasteiger partial charge >= 0.3 is 24.1 Å². The Kier molecular flexibility index (Phi) is 11.2. The number of aromatic hydroxyl groups is 2. The average molecular weight is 633 g/mol. The van der Waals surface area contributed by atoms with Crippen LogP contribution in [0.4, 0.5) is 13.2 Å². The number of carbonyl (C=O) groups excluding carboxylic acids is 3. The van der Waals surface area contributed by atoms with E-state index >= 15 is 0 Å². The number of ether oxygens (including phenoxy) is 1. The Morgan fingerprint density at radius 1 is 0.844 bits per heavy atom. The number of aromatic carboxylic acids is 1. The van der Waals surface area contributed by atoms with E-state index in [4.69, 9.17) is 14.6 Å². The molecule has 0 unspecified atom stereocenters. The standard InChI is InChI=1S/C28H26N2O8.C2HF3O2/c31-19-12-10-17(11-13-19)26(34)30-21-15-29-14-2-5-23(21)38-28(37)18-8-6-16(7-9-18)25(33)24-20(27(35)36)3-1-4-22(24)32;3-2(4,5)1(6)7/h1,3-4,6-13,21,23,29,31-32H,2,5,14-15H2,(H,30,34)(H,35,36);(H,6,7)/t21-,23-;/m1./s1. The lowest BCUT2D eigenvalue weighted by atomic mass is 9.96. The first kappa shape index (κ1) is 34.1. The van der Waals surface area contributed by atoms with Crippen LogP contribution in [0.15, 0.2) is 66.7 Å². The third kappa shape index (κ3) is 9.27. The van der Waals surface area contributed by atoms with Gasteiger partial charge in [-0.3, -0.25) is 9.59 Å². The molecule has 1 saturated heterocycles. The summed E-state index contributed by atoms with van der Waals surface area (Å²) in [4.78, 5) is 58.9. The Hall–Kier alpha value is -5.44. The minimum absolute atomic E-state index is 0.0418. The normalized spacial score (nSPS) is 16.2. The second-order valence-electron chi connectivity index (χ2n) is 9.63. The van der Waals surface area contributed by atoms with Crippen molar-refractivity contribution in [2.24, 2.45) is 0 Å². The van der Waals surface area contributed by atoms with E-state index in [1.165, 1.54) is 66.7 Å². The molecule has 0 bridgehead atoms. The van der Waals surface area contributed by atoms with Gasteiger partial charge in [0.15, 0.2) is 5.78 Å². The number of phenols is 2. The van der Waals surface area contributed by atoms with Crippen molar-refractivity contribution in [2.75, 3.05) is 13.1 Å². The molecular weight excluding hydrogens is 605 g/mol. The minimum atomic E-state index is -5.08. The number of amides is 1. The van der Waals surface area contributed by atoms with Crippen molar-refractivity contribution in [1.82, 2.24) is 10.6 Å². The van der Waals surface area contributed by atoms with E-state index in [9.17, 15) is 47.7 Å².